The first-order chi connectivity index (χ1) is 40.0. The van der Waals surface area contributed by atoms with Crippen LogP contribution in [0.15, 0.2) is 77.3 Å². The number of aliphatic hydroxyl groups is 1. The number of benzene rings is 3. The van der Waals surface area contributed by atoms with Gasteiger partial charge in [0.1, 0.15) is 36.3 Å². The molecule has 9 N–H and O–H groups in total. The molecule has 7 amide bonds. The normalized spacial score (nSPS) is 19.6. The van der Waals surface area contributed by atoms with Gasteiger partial charge in [-0.3, -0.25) is 42.9 Å². The van der Waals surface area contributed by atoms with Crippen LogP contribution in [0, 0.1) is 24.1 Å². The first kappa shape index (κ1) is 61.6. The van der Waals surface area contributed by atoms with Crippen molar-refractivity contribution >= 4 is 65.4 Å². The van der Waals surface area contributed by atoms with Gasteiger partial charge in [-0.05, 0) is 103 Å². The molecule has 0 radical (unpaired) electrons. The van der Waals surface area contributed by atoms with Gasteiger partial charge in [0.25, 0.3) is 17.3 Å². The number of nitrogens with one attached hydrogen (secondary N) is 4. The van der Waals surface area contributed by atoms with Crippen LogP contribution < -0.4 is 31.2 Å². The summed E-state index contributed by atoms with van der Waals surface area (Å²) in [5, 5.41) is 23.3. The first-order valence-corrected chi connectivity index (χ1v) is 29.1. The number of likely N-dealkylation sites (tertiary alicyclic amines) is 1. The van der Waals surface area contributed by atoms with E-state index in [1.165, 1.54) is 58.0 Å². The summed E-state index contributed by atoms with van der Waals surface area (Å²) in [7, 11) is -5.10. The first-order valence-electron chi connectivity index (χ1n) is 27.5. The van der Waals surface area contributed by atoms with E-state index >= 15 is 4.39 Å². The third-order valence-corrected chi connectivity index (χ3v) is 16.0. The third-order valence-electron chi connectivity index (χ3n) is 15.2. The fraction of sp³-hybridized carbons (Fsp3) is 0.431. The summed E-state index contributed by atoms with van der Waals surface area (Å²) in [6, 6.07) is 13.5. The van der Waals surface area contributed by atoms with Crippen LogP contribution in [0.4, 0.5) is 4.39 Å². The van der Waals surface area contributed by atoms with Crippen molar-refractivity contribution in [2.24, 2.45) is 11.7 Å². The highest BCUT2D eigenvalue weighted by molar-refractivity contribution is 7.70. The molecule has 0 bridgehead atoms. The molecule has 3 aliphatic rings. The maximum Gasteiger partial charge on any atom is 0.396 e. The van der Waals surface area contributed by atoms with Gasteiger partial charge in [-0.15, -0.1) is 6.42 Å². The van der Waals surface area contributed by atoms with E-state index in [0.29, 0.717) is 30.3 Å². The zero-order valence-corrected chi connectivity index (χ0v) is 47.4. The van der Waals surface area contributed by atoms with E-state index in [9.17, 15) is 57.8 Å². The average Bonchev–Trinajstić information content (AvgIpc) is 2.62. The molecule has 3 saturated heterocycles. The van der Waals surface area contributed by atoms with Crippen LogP contribution in [0.2, 0.25) is 0 Å². The van der Waals surface area contributed by atoms with Crippen molar-refractivity contribution in [1.29, 1.82) is 0 Å². The van der Waals surface area contributed by atoms with Crippen LogP contribution >= 0.6 is 7.60 Å². The number of fused-ring (bicyclic) bond motifs is 2. The number of rotatable bonds is 23. The number of terminal acetylenes is 1. The summed E-state index contributed by atoms with van der Waals surface area (Å²) in [4.78, 5) is 133. The van der Waals surface area contributed by atoms with Gasteiger partial charge in [0.15, 0.2) is 17.3 Å². The van der Waals surface area contributed by atoms with Crippen LogP contribution in [-0.2, 0) is 46.3 Å². The van der Waals surface area contributed by atoms with Gasteiger partial charge in [0.2, 0.25) is 35.4 Å². The number of aromatic amines is 1. The molecular formula is C58H67FN9O15P. The summed E-state index contributed by atoms with van der Waals surface area (Å²) in [6.45, 7) is 4.84. The molecule has 26 heteroatoms. The van der Waals surface area contributed by atoms with Crippen LogP contribution in [0.5, 0.6) is 11.6 Å². The Balaban J connectivity index is 0.863. The van der Waals surface area contributed by atoms with E-state index in [0.717, 1.165) is 5.56 Å². The minimum absolute atomic E-state index is 0.00475. The zero-order chi connectivity index (χ0) is 60.6. The predicted molar refractivity (Wildman–Crippen MR) is 299 cm³/mol. The molecule has 2 aromatic heterocycles. The van der Waals surface area contributed by atoms with Crippen molar-refractivity contribution in [3.8, 4) is 24.0 Å². The number of aryl methyl sites for hydroxylation is 1. The van der Waals surface area contributed by atoms with Crippen molar-refractivity contribution in [1.82, 2.24) is 40.8 Å². The van der Waals surface area contributed by atoms with E-state index < -0.39 is 96.6 Å². The Kier molecular flexibility index (Phi) is 19.7. The van der Waals surface area contributed by atoms with Crippen molar-refractivity contribution in [3.05, 3.63) is 112 Å². The van der Waals surface area contributed by atoms with Crippen LogP contribution in [-0.4, -0.2) is 156 Å². The molecule has 7 atom stereocenters. The molecule has 0 spiro atoms. The van der Waals surface area contributed by atoms with Gasteiger partial charge >= 0.3 is 7.60 Å². The highest BCUT2D eigenvalue weighted by atomic mass is 31.2. The van der Waals surface area contributed by atoms with Crippen molar-refractivity contribution in [2.45, 2.75) is 121 Å². The van der Waals surface area contributed by atoms with E-state index in [-0.39, 0.29) is 123 Å². The number of primary amides is 1. The maximum atomic E-state index is 16.1. The van der Waals surface area contributed by atoms with Gasteiger partial charge in [-0.2, -0.15) is 0 Å². The quantitative estimate of drug-likeness (QED) is 0.0265. The summed E-state index contributed by atoms with van der Waals surface area (Å²) >= 11 is 0. The number of hydrogen-bond donors (Lipinski definition) is 8. The lowest BCUT2D eigenvalue weighted by atomic mass is 9.91. The topological polar surface area (TPSA) is 346 Å². The second-order valence-corrected chi connectivity index (χ2v) is 23.0. The van der Waals surface area contributed by atoms with Crippen molar-refractivity contribution in [2.75, 3.05) is 32.8 Å². The van der Waals surface area contributed by atoms with Gasteiger partial charge in [-0.25, -0.2) is 4.39 Å². The lowest BCUT2D eigenvalue weighted by Gasteiger charge is -2.38. The summed E-state index contributed by atoms with van der Waals surface area (Å²) in [5.74, 6) is -3.07. The number of carbonyl (C=O) groups excluding carboxylic acids is 8. The molecule has 8 rings (SSSR count). The molecule has 0 aliphatic carbocycles. The Hall–Kier alpha value is -8.43. The number of aliphatic hydroxyl groups excluding tert-OH is 1. The highest BCUT2D eigenvalue weighted by Gasteiger charge is 2.46. The number of ether oxygens (including phenoxy) is 2. The molecule has 0 saturated carbocycles. The number of amides is 7. The molecule has 5 heterocycles. The number of carbonyl (C=O) groups is 8. The number of β-amino-alcohol motifs (C(OH)–C–C–N with tert-alkyl or cyclic N) is 1. The fourth-order valence-corrected chi connectivity index (χ4v) is 11.3. The number of aromatic nitrogens is 2. The molecule has 3 fully saturated rings. The smallest absolute Gasteiger partial charge is 0.396 e. The van der Waals surface area contributed by atoms with Crippen LogP contribution in [0.25, 0.3) is 10.9 Å². The average molecular weight is 1180 g/mol. The molecule has 446 valence electrons. The highest BCUT2D eigenvalue weighted by Crippen LogP contribution is 2.40. The minimum atomic E-state index is -5.10. The summed E-state index contributed by atoms with van der Waals surface area (Å²) in [6.07, 6.45) is 5.80. The monoisotopic (exact) mass is 1180 g/mol. The van der Waals surface area contributed by atoms with Crippen molar-refractivity contribution < 1.29 is 76.2 Å². The summed E-state index contributed by atoms with van der Waals surface area (Å²) in [5.41, 5.74) is 5.88. The lowest BCUT2D eigenvalue weighted by molar-refractivity contribution is -0.145. The Morgan fingerprint density at radius 2 is 1.74 bits per heavy atom. The molecule has 84 heavy (non-hydrogen) atoms. The molecule has 3 aromatic carbocycles. The number of nitrogens with two attached hydrogens (primary N) is 1. The van der Waals surface area contributed by atoms with Crippen molar-refractivity contribution in [3.63, 3.8) is 0 Å². The number of halogens is 1. The molecule has 5 aromatic rings. The van der Waals surface area contributed by atoms with Gasteiger partial charge in [0.05, 0.1) is 18.8 Å². The Morgan fingerprint density at radius 3 is 2.44 bits per heavy atom. The fourth-order valence-electron chi connectivity index (χ4n) is 10.9. The third kappa shape index (κ3) is 14.8. The molecule has 24 nitrogen and oxygen atoms in total. The second kappa shape index (κ2) is 26.9. The van der Waals surface area contributed by atoms with E-state index in [1.54, 1.807) is 36.4 Å². The Morgan fingerprint density at radius 1 is 0.976 bits per heavy atom. The molecule has 3 aliphatic heterocycles. The van der Waals surface area contributed by atoms with Gasteiger partial charge < -0.3 is 70.3 Å². The minimum Gasteiger partial charge on any atom is -0.488 e. The number of H-pyrrole nitrogens is 1. The van der Waals surface area contributed by atoms with Crippen LogP contribution in [0.1, 0.15) is 115 Å². The number of hydrogen-bond acceptors (Lipinski definition) is 14. The summed E-state index contributed by atoms with van der Waals surface area (Å²) < 4.78 is 45.1. The second-order valence-electron chi connectivity index (χ2n) is 21.6. The standard InChI is InChI=1S/C58H67FN9O15P/c1-5-34-11-13-35(14-12-34)28-61-54(73)46-26-41(70)29-67(46)57(76)51(32(2)3)48-27-50(65-83-48)81-23-7-9-36-8-6-10-47(52(36)59)82-31-39(16-20-49(60)71)62-55(74)45-19-17-40-21-22-66(33(4)69)30-44(56(75)68(40)45)64-53(72)43-25-38-24-37(15-18-42(38)63-43)58(77)84(78,79)80/h1,6,8,10-15,18,24-25,27,32,39-41,44-46,51,63,70H,7,9,16-17,19-23,26,28-31H2,2-4H3,(H2,60,71)(H,61,73)(H,62,74)(H,64,72)(H2,78,79,80)/t39-,40+,41+,44-,45-,46-,51+/m0/s1. The zero-order valence-electron chi connectivity index (χ0n) is 46.5. The number of nitrogens with zero attached hydrogens (tertiary/aromatic N) is 4. The predicted octanol–water partition coefficient (Wildman–Crippen LogP) is 3.16. The van der Waals surface area contributed by atoms with Gasteiger partial charge in [0, 0.05) is 80.1 Å². The SMILES string of the molecule is C#Cc1ccc(CNC(=O)[C@@H]2C[C@@H](O)CN2C(=O)[C@@H](c2cc(OCCCc3cccc(OC[C@H](CCC(N)=O)NC(=O)[C@@H]4CC[C@@H]5CCN(C(C)=O)C[C@H](NC(=O)c6cc7cc(C(=O)P(=O)(O)O)ccc7[nH]6)C(=O)N54)c3F)no2)C(C)C)cc1. The molecule has 0 unspecified atom stereocenters. The Bertz CT molecular complexity index is 3390. The van der Waals surface area contributed by atoms with E-state index in [2.05, 4.69) is 32.0 Å². The van der Waals surface area contributed by atoms with Gasteiger partial charge in [-0.1, -0.05) is 44.0 Å². The molecular weight excluding hydrogens is 1110 g/mol. The van der Waals surface area contributed by atoms with E-state index in [1.807, 2.05) is 13.8 Å². The van der Waals surface area contributed by atoms with Crippen LogP contribution in [0.3, 0.4) is 0 Å². The lowest BCUT2D eigenvalue weighted by Crippen LogP contribution is -2.61. The van der Waals surface area contributed by atoms with E-state index in [4.69, 9.17) is 26.2 Å². The largest absolute Gasteiger partial charge is 0.488 e. The maximum absolute atomic E-state index is 16.1. The Labute approximate surface area is 482 Å².